The molecule has 0 spiro atoms. The van der Waals surface area contributed by atoms with E-state index < -0.39 is 10.8 Å². The molecule has 1 aliphatic heterocycles. The van der Waals surface area contributed by atoms with Crippen molar-refractivity contribution in [1.29, 1.82) is 0 Å². The van der Waals surface area contributed by atoms with Gasteiger partial charge in [0.15, 0.2) is 0 Å². The summed E-state index contributed by atoms with van der Waals surface area (Å²) in [5.74, 6) is -0.647. The highest BCUT2D eigenvalue weighted by atomic mass is 16.6. The van der Waals surface area contributed by atoms with E-state index in [0.717, 1.165) is 25.9 Å². The number of amides is 2. The van der Waals surface area contributed by atoms with Crippen molar-refractivity contribution in [2.24, 2.45) is 0 Å². The van der Waals surface area contributed by atoms with E-state index in [1.165, 1.54) is 6.07 Å². The number of nitro groups is 1. The zero-order valence-electron chi connectivity index (χ0n) is 14.4. The number of carbonyl (C=O) groups is 2. The van der Waals surface area contributed by atoms with Crippen molar-refractivity contribution < 1.29 is 14.5 Å². The molecule has 1 saturated heterocycles. The Balaban J connectivity index is 1.82. The third kappa shape index (κ3) is 3.56. The summed E-state index contributed by atoms with van der Waals surface area (Å²) in [6, 6.07) is 11.2. The highest BCUT2D eigenvalue weighted by molar-refractivity contribution is 6.08. The Kier molecular flexibility index (Phi) is 4.97. The first-order chi connectivity index (χ1) is 12.5. The monoisotopic (exact) mass is 353 g/mol. The predicted molar refractivity (Wildman–Crippen MR) is 97.4 cm³/mol. The highest BCUT2D eigenvalue weighted by Gasteiger charge is 2.23. The molecule has 0 saturated carbocycles. The Hall–Kier alpha value is -3.22. The fourth-order valence-electron chi connectivity index (χ4n) is 3.12. The number of carbonyl (C=O) groups excluding carboxylic acids is 2. The quantitative estimate of drug-likeness (QED) is 0.673. The van der Waals surface area contributed by atoms with Gasteiger partial charge in [-0.1, -0.05) is 18.2 Å². The van der Waals surface area contributed by atoms with Crippen LogP contribution >= 0.6 is 0 Å². The Bertz CT molecular complexity index is 873. The Morgan fingerprint density at radius 3 is 2.50 bits per heavy atom. The van der Waals surface area contributed by atoms with E-state index in [0.29, 0.717) is 16.8 Å². The third-order valence-electron chi connectivity index (χ3n) is 4.43. The number of hydrogen-bond acceptors (Lipinski definition) is 4. The molecule has 26 heavy (non-hydrogen) atoms. The van der Waals surface area contributed by atoms with E-state index in [4.69, 9.17) is 0 Å². The molecule has 1 heterocycles. The van der Waals surface area contributed by atoms with Crippen LogP contribution in [0, 0.1) is 17.0 Å². The number of aryl methyl sites for hydroxylation is 1. The SMILES string of the molecule is Cc1cccc(C(=O)Nc2cccc(C(=O)N3CCCC3)c2)c1[N+](=O)[O-]. The molecule has 7 heteroatoms. The van der Waals surface area contributed by atoms with Gasteiger partial charge in [-0.15, -0.1) is 0 Å². The van der Waals surface area contributed by atoms with E-state index in [1.54, 1.807) is 48.2 Å². The lowest BCUT2D eigenvalue weighted by Crippen LogP contribution is -2.27. The molecular formula is C19H19N3O4. The van der Waals surface area contributed by atoms with Gasteiger partial charge in [0.1, 0.15) is 5.56 Å². The van der Waals surface area contributed by atoms with Gasteiger partial charge in [0, 0.05) is 29.9 Å². The van der Waals surface area contributed by atoms with Gasteiger partial charge in [-0.05, 0) is 44.0 Å². The first-order valence-corrected chi connectivity index (χ1v) is 8.42. The molecule has 2 aromatic carbocycles. The molecule has 0 bridgehead atoms. The van der Waals surface area contributed by atoms with Crippen molar-refractivity contribution in [1.82, 2.24) is 4.90 Å². The molecular weight excluding hydrogens is 334 g/mol. The Morgan fingerprint density at radius 2 is 1.81 bits per heavy atom. The third-order valence-corrected chi connectivity index (χ3v) is 4.43. The van der Waals surface area contributed by atoms with Crippen LogP contribution in [0.25, 0.3) is 0 Å². The van der Waals surface area contributed by atoms with E-state index in [2.05, 4.69) is 5.32 Å². The number of para-hydroxylation sites is 1. The van der Waals surface area contributed by atoms with Crippen molar-refractivity contribution in [2.45, 2.75) is 19.8 Å². The van der Waals surface area contributed by atoms with Crippen LogP contribution in [0.1, 0.15) is 39.1 Å². The molecule has 0 unspecified atom stereocenters. The van der Waals surface area contributed by atoms with Gasteiger partial charge in [-0.3, -0.25) is 19.7 Å². The number of hydrogen-bond donors (Lipinski definition) is 1. The minimum absolute atomic E-state index is 0.00808. The molecule has 1 aliphatic rings. The fourth-order valence-corrected chi connectivity index (χ4v) is 3.12. The first-order valence-electron chi connectivity index (χ1n) is 8.42. The number of nitrogens with zero attached hydrogens (tertiary/aromatic N) is 2. The molecule has 3 rings (SSSR count). The zero-order chi connectivity index (χ0) is 18.7. The zero-order valence-corrected chi connectivity index (χ0v) is 14.4. The molecule has 7 nitrogen and oxygen atoms in total. The Labute approximate surface area is 150 Å². The average Bonchev–Trinajstić information content (AvgIpc) is 3.15. The van der Waals surface area contributed by atoms with Crippen LogP contribution in [0.5, 0.6) is 0 Å². The number of rotatable bonds is 4. The highest BCUT2D eigenvalue weighted by Crippen LogP contribution is 2.24. The molecule has 0 radical (unpaired) electrons. The van der Waals surface area contributed by atoms with Crippen LogP contribution in [0.3, 0.4) is 0 Å². The fraction of sp³-hybridized carbons (Fsp3) is 0.263. The van der Waals surface area contributed by atoms with Crippen LogP contribution in [0.2, 0.25) is 0 Å². The van der Waals surface area contributed by atoms with Crippen molar-refractivity contribution >= 4 is 23.2 Å². The Morgan fingerprint density at radius 1 is 1.12 bits per heavy atom. The molecule has 2 aromatic rings. The van der Waals surface area contributed by atoms with Crippen molar-refractivity contribution in [2.75, 3.05) is 18.4 Å². The van der Waals surface area contributed by atoms with E-state index in [-0.39, 0.29) is 17.2 Å². The largest absolute Gasteiger partial charge is 0.339 e. The minimum atomic E-state index is -0.578. The van der Waals surface area contributed by atoms with Crippen LogP contribution < -0.4 is 5.32 Å². The molecule has 0 atom stereocenters. The topological polar surface area (TPSA) is 92.6 Å². The summed E-state index contributed by atoms with van der Waals surface area (Å²) in [5, 5.41) is 13.9. The molecule has 2 amide bonds. The van der Waals surface area contributed by atoms with E-state index in [1.807, 2.05) is 0 Å². The maximum atomic E-state index is 12.5. The van der Waals surface area contributed by atoms with Gasteiger partial charge in [-0.2, -0.15) is 0 Å². The van der Waals surface area contributed by atoms with Gasteiger partial charge in [0.05, 0.1) is 4.92 Å². The van der Waals surface area contributed by atoms with Crippen molar-refractivity contribution in [3.63, 3.8) is 0 Å². The molecule has 1 N–H and O–H groups in total. The summed E-state index contributed by atoms with van der Waals surface area (Å²) >= 11 is 0. The van der Waals surface area contributed by atoms with Crippen LogP contribution in [-0.2, 0) is 0 Å². The summed E-state index contributed by atoms with van der Waals surface area (Å²) in [4.78, 5) is 37.5. The first kappa shape index (κ1) is 17.6. The lowest BCUT2D eigenvalue weighted by atomic mass is 10.1. The second-order valence-corrected chi connectivity index (χ2v) is 6.26. The maximum absolute atomic E-state index is 12.5. The van der Waals surface area contributed by atoms with E-state index in [9.17, 15) is 19.7 Å². The summed E-state index contributed by atoms with van der Waals surface area (Å²) < 4.78 is 0. The second kappa shape index (κ2) is 7.35. The summed E-state index contributed by atoms with van der Waals surface area (Å²) in [5.41, 5.74) is 1.11. The van der Waals surface area contributed by atoms with E-state index >= 15 is 0 Å². The van der Waals surface area contributed by atoms with Gasteiger partial charge >= 0.3 is 0 Å². The van der Waals surface area contributed by atoms with Crippen LogP contribution in [0.4, 0.5) is 11.4 Å². The van der Waals surface area contributed by atoms with Gasteiger partial charge < -0.3 is 10.2 Å². The van der Waals surface area contributed by atoms with Crippen LogP contribution in [0.15, 0.2) is 42.5 Å². The predicted octanol–water partition coefficient (Wildman–Crippen LogP) is 3.39. The van der Waals surface area contributed by atoms with Gasteiger partial charge in [-0.25, -0.2) is 0 Å². The normalized spacial score (nSPS) is 13.5. The maximum Gasteiger partial charge on any atom is 0.285 e. The van der Waals surface area contributed by atoms with Gasteiger partial charge in [0.25, 0.3) is 17.5 Å². The van der Waals surface area contributed by atoms with Crippen molar-refractivity contribution in [3.8, 4) is 0 Å². The number of nitrogens with one attached hydrogen (secondary N) is 1. The van der Waals surface area contributed by atoms with Crippen LogP contribution in [-0.4, -0.2) is 34.7 Å². The molecule has 1 fully saturated rings. The van der Waals surface area contributed by atoms with Gasteiger partial charge in [0.2, 0.25) is 0 Å². The number of benzene rings is 2. The minimum Gasteiger partial charge on any atom is -0.339 e. The molecule has 134 valence electrons. The second-order valence-electron chi connectivity index (χ2n) is 6.26. The lowest BCUT2D eigenvalue weighted by molar-refractivity contribution is -0.385. The number of likely N-dealkylation sites (tertiary alicyclic amines) is 1. The smallest absolute Gasteiger partial charge is 0.285 e. The summed E-state index contributed by atoms with van der Waals surface area (Å²) in [6.07, 6.45) is 2.00. The lowest BCUT2D eigenvalue weighted by Gasteiger charge is -2.16. The average molecular weight is 353 g/mol. The molecule has 0 aromatic heterocycles. The number of nitro benzene ring substituents is 1. The summed E-state index contributed by atoms with van der Waals surface area (Å²) in [6.45, 7) is 3.07. The standard InChI is InChI=1S/C19H19N3O4/c1-13-6-4-9-16(17(13)22(25)26)18(23)20-15-8-5-7-14(12-15)19(24)21-10-2-3-11-21/h4-9,12H,2-3,10-11H2,1H3,(H,20,23). The van der Waals surface area contributed by atoms with Crippen molar-refractivity contribution in [3.05, 3.63) is 69.3 Å². The summed E-state index contributed by atoms with van der Waals surface area (Å²) in [7, 11) is 0. The molecule has 0 aliphatic carbocycles. The number of anilines is 1.